The second-order valence-electron chi connectivity index (χ2n) is 6.34. The standard InChI is InChI=1S/C19H21BrN2O4S/c20-16-7-4-8-18(13-16)27(24,25)22-11-9-17(10-12-22)21-19(23)26-14-15-5-2-1-3-6-15/h1-8,13,17H,9-12,14H2,(H,21,23). The number of piperidine rings is 1. The van der Waals surface area contributed by atoms with Crippen molar-refractivity contribution < 1.29 is 17.9 Å². The maximum atomic E-state index is 12.7. The Hall–Kier alpha value is -1.90. The first-order valence-corrected chi connectivity index (χ1v) is 10.9. The van der Waals surface area contributed by atoms with Crippen LogP contribution in [0.3, 0.4) is 0 Å². The lowest BCUT2D eigenvalue weighted by Crippen LogP contribution is -2.46. The molecule has 2 aromatic rings. The van der Waals surface area contributed by atoms with Crippen LogP contribution in [0.2, 0.25) is 0 Å². The van der Waals surface area contributed by atoms with Gasteiger partial charge in [-0.05, 0) is 36.6 Å². The van der Waals surface area contributed by atoms with Crippen LogP contribution in [-0.4, -0.2) is 37.9 Å². The van der Waals surface area contributed by atoms with Crippen LogP contribution in [0.4, 0.5) is 4.79 Å². The van der Waals surface area contributed by atoms with Crippen molar-refractivity contribution in [1.82, 2.24) is 9.62 Å². The minimum Gasteiger partial charge on any atom is -0.445 e. The maximum absolute atomic E-state index is 12.7. The zero-order valence-corrected chi connectivity index (χ0v) is 17.1. The Balaban J connectivity index is 1.49. The number of amides is 1. The fourth-order valence-electron chi connectivity index (χ4n) is 2.95. The number of nitrogens with zero attached hydrogens (tertiary/aromatic N) is 1. The Morgan fingerprint density at radius 2 is 1.81 bits per heavy atom. The van der Waals surface area contributed by atoms with Gasteiger partial charge in [-0.25, -0.2) is 13.2 Å². The van der Waals surface area contributed by atoms with Gasteiger partial charge in [-0.3, -0.25) is 0 Å². The molecule has 1 fully saturated rings. The predicted octanol–water partition coefficient (Wildman–Crippen LogP) is 3.53. The summed E-state index contributed by atoms with van der Waals surface area (Å²) in [5.41, 5.74) is 0.919. The van der Waals surface area contributed by atoms with Gasteiger partial charge in [0.25, 0.3) is 0 Å². The monoisotopic (exact) mass is 452 g/mol. The molecule has 2 aromatic carbocycles. The average molecular weight is 453 g/mol. The first-order chi connectivity index (χ1) is 12.9. The Bertz CT molecular complexity index is 882. The van der Waals surface area contributed by atoms with Crippen LogP contribution < -0.4 is 5.32 Å². The third-order valence-corrected chi connectivity index (χ3v) is 6.81. The van der Waals surface area contributed by atoms with Crippen LogP contribution in [0.25, 0.3) is 0 Å². The fourth-order valence-corrected chi connectivity index (χ4v) is 5.02. The number of hydrogen-bond donors (Lipinski definition) is 1. The van der Waals surface area contributed by atoms with Gasteiger partial charge in [0, 0.05) is 23.6 Å². The molecule has 0 spiro atoms. The Labute approximate surface area is 167 Å². The summed E-state index contributed by atoms with van der Waals surface area (Å²) in [6.07, 6.45) is 0.619. The van der Waals surface area contributed by atoms with Gasteiger partial charge < -0.3 is 10.1 Å². The molecule has 0 unspecified atom stereocenters. The van der Waals surface area contributed by atoms with Crippen molar-refractivity contribution in [2.75, 3.05) is 13.1 Å². The lowest BCUT2D eigenvalue weighted by molar-refractivity contribution is 0.131. The lowest BCUT2D eigenvalue weighted by Gasteiger charge is -2.31. The first-order valence-electron chi connectivity index (χ1n) is 8.68. The number of halogens is 1. The molecule has 1 N–H and O–H groups in total. The van der Waals surface area contributed by atoms with E-state index in [9.17, 15) is 13.2 Å². The highest BCUT2D eigenvalue weighted by atomic mass is 79.9. The van der Waals surface area contributed by atoms with Crippen molar-refractivity contribution in [2.45, 2.75) is 30.4 Å². The highest BCUT2D eigenvalue weighted by Gasteiger charge is 2.30. The summed E-state index contributed by atoms with van der Waals surface area (Å²) in [6, 6.07) is 16.0. The summed E-state index contributed by atoms with van der Waals surface area (Å²) >= 11 is 3.30. The van der Waals surface area contributed by atoms with Gasteiger partial charge in [-0.2, -0.15) is 4.31 Å². The van der Waals surface area contributed by atoms with E-state index in [2.05, 4.69) is 21.2 Å². The largest absolute Gasteiger partial charge is 0.445 e. The van der Waals surface area contributed by atoms with Crippen molar-refractivity contribution in [3.63, 3.8) is 0 Å². The minimum absolute atomic E-state index is 0.0952. The van der Waals surface area contributed by atoms with E-state index in [1.54, 1.807) is 24.3 Å². The predicted molar refractivity (Wildman–Crippen MR) is 106 cm³/mol. The van der Waals surface area contributed by atoms with Gasteiger partial charge in [0.05, 0.1) is 4.90 Å². The summed E-state index contributed by atoms with van der Waals surface area (Å²) in [6.45, 7) is 0.930. The van der Waals surface area contributed by atoms with E-state index in [0.29, 0.717) is 25.9 Å². The van der Waals surface area contributed by atoms with Gasteiger partial charge >= 0.3 is 6.09 Å². The van der Waals surface area contributed by atoms with Crippen LogP contribution in [0.1, 0.15) is 18.4 Å². The third-order valence-electron chi connectivity index (χ3n) is 4.42. The second kappa shape index (κ2) is 8.86. The number of hydrogen-bond acceptors (Lipinski definition) is 4. The molecular weight excluding hydrogens is 432 g/mol. The number of rotatable bonds is 5. The van der Waals surface area contributed by atoms with E-state index < -0.39 is 16.1 Å². The Kier molecular flexibility index (Phi) is 6.51. The summed E-state index contributed by atoms with van der Waals surface area (Å²) in [5, 5.41) is 2.82. The molecule has 1 amide bonds. The molecule has 0 aliphatic carbocycles. The molecule has 0 bridgehead atoms. The maximum Gasteiger partial charge on any atom is 0.407 e. The molecule has 3 rings (SSSR count). The zero-order chi connectivity index (χ0) is 19.3. The first kappa shape index (κ1) is 19.9. The Morgan fingerprint density at radius 3 is 2.48 bits per heavy atom. The average Bonchev–Trinajstić information content (AvgIpc) is 2.68. The van der Waals surface area contributed by atoms with Crippen LogP contribution >= 0.6 is 15.9 Å². The van der Waals surface area contributed by atoms with E-state index in [-0.39, 0.29) is 17.5 Å². The summed E-state index contributed by atoms with van der Waals surface area (Å²) < 4.78 is 32.8. The highest BCUT2D eigenvalue weighted by molar-refractivity contribution is 9.10. The molecule has 1 aliphatic heterocycles. The van der Waals surface area contributed by atoms with Gasteiger partial charge in [-0.1, -0.05) is 52.3 Å². The van der Waals surface area contributed by atoms with Crippen molar-refractivity contribution >= 4 is 32.0 Å². The molecule has 1 saturated heterocycles. The van der Waals surface area contributed by atoms with Crippen molar-refractivity contribution in [2.24, 2.45) is 0 Å². The smallest absolute Gasteiger partial charge is 0.407 e. The molecule has 144 valence electrons. The number of alkyl carbamates (subject to hydrolysis) is 1. The van der Waals surface area contributed by atoms with Gasteiger partial charge in [-0.15, -0.1) is 0 Å². The van der Waals surface area contributed by atoms with Gasteiger partial charge in [0.2, 0.25) is 10.0 Å². The van der Waals surface area contributed by atoms with Gasteiger partial charge in [0.1, 0.15) is 6.61 Å². The third kappa shape index (κ3) is 5.31. The molecule has 1 aliphatic rings. The normalized spacial score (nSPS) is 16.0. The van der Waals surface area contributed by atoms with Gasteiger partial charge in [0.15, 0.2) is 0 Å². The second-order valence-corrected chi connectivity index (χ2v) is 9.20. The number of carbonyl (C=O) groups is 1. The van der Waals surface area contributed by atoms with Crippen molar-refractivity contribution in [3.8, 4) is 0 Å². The number of sulfonamides is 1. The van der Waals surface area contributed by atoms with E-state index in [4.69, 9.17) is 4.74 Å². The molecule has 6 nitrogen and oxygen atoms in total. The molecule has 0 aromatic heterocycles. The molecule has 1 heterocycles. The van der Waals surface area contributed by atoms with Crippen LogP contribution in [0, 0.1) is 0 Å². The molecule has 0 radical (unpaired) electrons. The van der Waals surface area contributed by atoms with Crippen LogP contribution in [-0.2, 0) is 21.4 Å². The molecule has 8 heteroatoms. The van der Waals surface area contributed by atoms with E-state index in [1.807, 2.05) is 30.3 Å². The molecule has 27 heavy (non-hydrogen) atoms. The Morgan fingerprint density at radius 1 is 1.11 bits per heavy atom. The lowest BCUT2D eigenvalue weighted by atomic mass is 10.1. The van der Waals surface area contributed by atoms with Crippen molar-refractivity contribution in [3.05, 3.63) is 64.6 Å². The number of nitrogens with one attached hydrogen (secondary N) is 1. The quantitative estimate of drug-likeness (QED) is 0.752. The van der Waals surface area contributed by atoms with E-state index in [0.717, 1.165) is 10.0 Å². The van der Waals surface area contributed by atoms with Crippen LogP contribution in [0.15, 0.2) is 64.0 Å². The summed E-state index contributed by atoms with van der Waals surface area (Å²) in [7, 11) is -3.52. The number of benzene rings is 2. The molecule has 0 atom stereocenters. The van der Waals surface area contributed by atoms with Crippen LogP contribution in [0.5, 0.6) is 0 Å². The minimum atomic E-state index is -3.52. The van der Waals surface area contributed by atoms with E-state index in [1.165, 1.54) is 4.31 Å². The zero-order valence-electron chi connectivity index (χ0n) is 14.7. The van der Waals surface area contributed by atoms with Crippen molar-refractivity contribution in [1.29, 1.82) is 0 Å². The topological polar surface area (TPSA) is 75.7 Å². The number of carbonyl (C=O) groups excluding carboxylic acids is 1. The summed E-state index contributed by atoms with van der Waals surface area (Å²) in [4.78, 5) is 12.2. The SMILES string of the molecule is O=C(NC1CCN(S(=O)(=O)c2cccc(Br)c2)CC1)OCc1ccccc1. The van der Waals surface area contributed by atoms with E-state index >= 15 is 0 Å². The fraction of sp³-hybridized carbons (Fsp3) is 0.316. The summed E-state index contributed by atoms with van der Waals surface area (Å²) in [5.74, 6) is 0. The number of ether oxygens (including phenoxy) is 1. The highest BCUT2D eigenvalue weighted by Crippen LogP contribution is 2.23. The molecule has 0 saturated carbocycles. The molecular formula is C19H21BrN2O4S.